The van der Waals surface area contributed by atoms with Gasteiger partial charge in [0.25, 0.3) is 0 Å². The fourth-order valence-electron chi connectivity index (χ4n) is 0. The molecule has 1 nitrogen and oxygen atoms in total. The molecular formula is C4H12AlO. The van der Waals surface area contributed by atoms with Crippen LogP contribution in [0.2, 0.25) is 0 Å². The summed E-state index contributed by atoms with van der Waals surface area (Å²) in [5.74, 6) is 0. The van der Waals surface area contributed by atoms with Crippen LogP contribution in [0.15, 0.2) is 0 Å². The van der Waals surface area contributed by atoms with Crippen molar-refractivity contribution in [2.45, 2.75) is 26.4 Å². The molecule has 6 heavy (non-hydrogen) atoms. The zero-order valence-corrected chi connectivity index (χ0v) is 3.69. The molecule has 0 rings (SSSR count). The lowest BCUT2D eigenvalue weighted by Crippen LogP contribution is -1.90. The first-order valence-corrected chi connectivity index (χ1v) is 1.93. The smallest absolute Gasteiger partial charge is 0.187 e. The molecule has 0 aliphatic rings. The van der Waals surface area contributed by atoms with E-state index in [9.17, 15) is 5.11 Å². The monoisotopic (exact) mass is 103 g/mol. The summed E-state index contributed by atoms with van der Waals surface area (Å²) >= 11 is 0. The molecule has 1 radical (unpaired) electrons. The van der Waals surface area contributed by atoms with Gasteiger partial charge in [0.2, 0.25) is 0 Å². The Morgan fingerprint density at radius 2 is 1.83 bits per heavy atom. The van der Waals surface area contributed by atoms with Crippen molar-refractivity contribution in [2.24, 2.45) is 0 Å². The van der Waals surface area contributed by atoms with Gasteiger partial charge in [-0.05, 0) is 13.3 Å². The normalized spacial score (nSPS) is 12.5. The van der Waals surface area contributed by atoms with Gasteiger partial charge in [-0.25, -0.2) is 5.11 Å². The van der Waals surface area contributed by atoms with Gasteiger partial charge in [-0.1, -0.05) is 6.92 Å². The minimum absolute atomic E-state index is 0. The minimum atomic E-state index is -0.366. The van der Waals surface area contributed by atoms with Gasteiger partial charge in [-0.2, -0.15) is 0 Å². The second-order valence-electron chi connectivity index (χ2n) is 1.22. The van der Waals surface area contributed by atoms with Crippen LogP contribution < -0.4 is 0 Å². The van der Waals surface area contributed by atoms with Crippen molar-refractivity contribution in [2.75, 3.05) is 0 Å². The van der Waals surface area contributed by atoms with Crippen LogP contribution in [0.4, 0.5) is 0 Å². The Morgan fingerprint density at radius 1 is 1.67 bits per heavy atom. The fourth-order valence-corrected chi connectivity index (χ4v) is 0. The van der Waals surface area contributed by atoms with Crippen LogP contribution in [0.1, 0.15) is 20.3 Å². The van der Waals surface area contributed by atoms with E-state index in [1.165, 1.54) is 0 Å². The van der Waals surface area contributed by atoms with Crippen molar-refractivity contribution in [1.29, 1.82) is 0 Å². The molecule has 0 spiro atoms. The zero-order valence-electron chi connectivity index (χ0n) is 3.69. The summed E-state index contributed by atoms with van der Waals surface area (Å²) in [5, 5.41) is 9.90. The maximum absolute atomic E-state index is 9.90. The summed E-state index contributed by atoms with van der Waals surface area (Å²) in [7, 11) is 0. The van der Waals surface area contributed by atoms with Gasteiger partial charge in [0.15, 0.2) is 17.4 Å². The zero-order chi connectivity index (χ0) is 4.28. The van der Waals surface area contributed by atoms with E-state index in [0.717, 1.165) is 6.42 Å². The van der Waals surface area contributed by atoms with E-state index >= 15 is 0 Å². The maximum atomic E-state index is 9.90. The summed E-state index contributed by atoms with van der Waals surface area (Å²) in [5.41, 5.74) is 0. The van der Waals surface area contributed by atoms with Crippen LogP contribution in [0.5, 0.6) is 0 Å². The minimum Gasteiger partial charge on any atom is -0.233 e. The molecule has 0 aromatic carbocycles. The van der Waals surface area contributed by atoms with E-state index in [1.807, 2.05) is 6.92 Å². The molecule has 37 valence electrons. The number of hydrogen-bond acceptors (Lipinski definition) is 0. The lowest BCUT2D eigenvalue weighted by molar-refractivity contribution is 0.102. The average molecular weight is 103 g/mol. The molecule has 0 aromatic rings. The lowest BCUT2D eigenvalue weighted by atomic mass is 10.3. The van der Waals surface area contributed by atoms with Gasteiger partial charge in [-0.3, -0.25) is 0 Å². The molecule has 1 unspecified atom stereocenters. The summed E-state index contributed by atoms with van der Waals surface area (Å²) in [6.45, 7) is 3.55. The van der Waals surface area contributed by atoms with Crippen LogP contribution in [-0.2, 0) is 5.11 Å². The molecule has 0 aliphatic heterocycles. The molecule has 0 heterocycles. The third kappa shape index (κ3) is 8.82. The first-order chi connectivity index (χ1) is 2.27. The highest BCUT2D eigenvalue weighted by atomic mass is 27.0. The van der Waals surface area contributed by atoms with E-state index in [1.54, 1.807) is 6.92 Å². The largest absolute Gasteiger partial charge is 0.233 e. The molecule has 0 aromatic heterocycles. The van der Waals surface area contributed by atoms with Crippen LogP contribution in [0, 0.1) is 0 Å². The number of hydrogen-bond donors (Lipinski definition) is 0. The van der Waals surface area contributed by atoms with Crippen molar-refractivity contribution in [3.05, 3.63) is 0 Å². The molecule has 0 N–H and O–H groups in total. The fraction of sp³-hybridized carbons (Fsp3) is 1.00. The Hall–Kier alpha value is 0.492. The van der Waals surface area contributed by atoms with Gasteiger partial charge < -0.3 is 0 Å². The van der Waals surface area contributed by atoms with Crippen molar-refractivity contribution >= 4 is 17.4 Å². The van der Waals surface area contributed by atoms with Crippen molar-refractivity contribution in [1.82, 2.24) is 0 Å². The predicted octanol–water partition coefficient (Wildman–Crippen LogP) is 0.0315. The Kier molecular flexibility index (Phi) is 8.88. The van der Waals surface area contributed by atoms with E-state index in [0.29, 0.717) is 0 Å². The Bertz CT molecular complexity index is 21.5. The van der Waals surface area contributed by atoms with E-state index in [-0.39, 0.29) is 23.5 Å². The molecule has 0 saturated heterocycles. The molecule has 0 saturated carbocycles. The Balaban J connectivity index is 0. The molecular weight excluding hydrogens is 91.0 g/mol. The second-order valence-corrected chi connectivity index (χ2v) is 1.22. The highest BCUT2D eigenvalue weighted by molar-refractivity contribution is 5.75. The highest BCUT2D eigenvalue weighted by Crippen LogP contribution is 1.83. The summed E-state index contributed by atoms with van der Waals surface area (Å²) in [4.78, 5) is 0. The standard InChI is InChI=1S/C4H9O.Al.3H/c1-3-4(2)5;;;;/h4H,3H2,1-2H3;;;;. The first-order valence-electron chi connectivity index (χ1n) is 1.93. The van der Waals surface area contributed by atoms with Crippen molar-refractivity contribution in [3.63, 3.8) is 0 Å². The van der Waals surface area contributed by atoms with E-state index in [4.69, 9.17) is 0 Å². The van der Waals surface area contributed by atoms with E-state index in [2.05, 4.69) is 0 Å². The van der Waals surface area contributed by atoms with Gasteiger partial charge >= 0.3 is 0 Å². The predicted molar refractivity (Wildman–Crippen MR) is 30.4 cm³/mol. The molecule has 1 atom stereocenters. The maximum Gasteiger partial charge on any atom is 0.187 e. The third-order valence-corrected chi connectivity index (χ3v) is 0.575. The van der Waals surface area contributed by atoms with Crippen molar-refractivity contribution < 1.29 is 5.11 Å². The topological polar surface area (TPSA) is 19.9 Å². The van der Waals surface area contributed by atoms with Crippen LogP contribution in [-0.4, -0.2) is 23.5 Å². The third-order valence-electron chi connectivity index (χ3n) is 0.575. The molecule has 0 aliphatic carbocycles. The summed E-state index contributed by atoms with van der Waals surface area (Å²) in [6, 6.07) is 0. The Morgan fingerprint density at radius 3 is 1.83 bits per heavy atom. The number of rotatable bonds is 1. The van der Waals surface area contributed by atoms with Gasteiger partial charge in [0.1, 0.15) is 0 Å². The Labute approximate surface area is 49.5 Å². The second kappa shape index (κ2) is 5.49. The average Bonchev–Trinajstić information content (AvgIpc) is 1.38. The molecule has 0 bridgehead atoms. The molecule has 0 amide bonds. The SMILES string of the molecule is CCC(C)[O].[AlH3]. The lowest BCUT2D eigenvalue weighted by Gasteiger charge is -1.86. The van der Waals surface area contributed by atoms with Crippen LogP contribution in [0.25, 0.3) is 0 Å². The van der Waals surface area contributed by atoms with Crippen LogP contribution >= 0.6 is 0 Å². The molecule has 0 fully saturated rings. The van der Waals surface area contributed by atoms with Gasteiger partial charge in [0.05, 0.1) is 6.10 Å². The van der Waals surface area contributed by atoms with Crippen LogP contribution in [0.3, 0.4) is 0 Å². The first kappa shape index (κ1) is 9.70. The highest BCUT2D eigenvalue weighted by Gasteiger charge is 1.85. The van der Waals surface area contributed by atoms with Gasteiger partial charge in [0, 0.05) is 0 Å². The van der Waals surface area contributed by atoms with E-state index < -0.39 is 0 Å². The summed E-state index contributed by atoms with van der Waals surface area (Å²) in [6.07, 6.45) is 0.384. The molecule has 2 heteroatoms. The van der Waals surface area contributed by atoms with Gasteiger partial charge in [-0.15, -0.1) is 0 Å². The quantitative estimate of drug-likeness (QED) is 0.417. The van der Waals surface area contributed by atoms with Crippen molar-refractivity contribution in [3.8, 4) is 0 Å². The summed E-state index contributed by atoms with van der Waals surface area (Å²) < 4.78 is 0.